The number of benzene rings is 2. The number of aromatic amines is 1. The lowest BCUT2D eigenvalue weighted by Crippen LogP contribution is -2.39. The van der Waals surface area contributed by atoms with Crippen molar-refractivity contribution in [2.75, 3.05) is 20.8 Å². The van der Waals surface area contributed by atoms with Crippen molar-refractivity contribution < 1.29 is 18.7 Å². The molecule has 6 nitrogen and oxygen atoms in total. The van der Waals surface area contributed by atoms with Crippen molar-refractivity contribution in [2.24, 2.45) is 0 Å². The maximum absolute atomic E-state index is 13.6. The number of aryl methyl sites for hydroxylation is 1. The number of carbonyl (C=O) groups is 1. The second-order valence-corrected chi connectivity index (χ2v) is 7.98. The fourth-order valence-electron chi connectivity index (χ4n) is 4.25. The molecule has 4 rings (SSSR count). The van der Waals surface area contributed by atoms with Crippen molar-refractivity contribution in [3.8, 4) is 22.8 Å². The first-order chi connectivity index (χ1) is 15.6. The molecule has 32 heavy (non-hydrogen) atoms. The minimum atomic E-state index is -0.289. The summed E-state index contributed by atoms with van der Waals surface area (Å²) in [5.74, 6) is 1.90. The molecule has 1 atom stereocenters. The first-order valence-electron chi connectivity index (χ1n) is 10.9. The van der Waals surface area contributed by atoms with Gasteiger partial charge in [-0.3, -0.25) is 4.79 Å². The number of methoxy groups -OCH3 is 2. The van der Waals surface area contributed by atoms with Gasteiger partial charge in [0.05, 0.1) is 32.2 Å². The Morgan fingerprint density at radius 1 is 1.16 bits per heavy atom. The van der Waals surface area contributed by atoms with Crippen molar-refractivity contribution >= 4 is 5.91 Å². The van der Waals surface area contributed by atoms with Crippen molar-refractivity contribution in [1.29, 1.82) is 0 Å². The molecular formula is C25H28FN3O3. The Hall–Kier alpha value is -3.35. The van der Waals surface area contributed by atoms with E-state index in [4.69, 9.17) is 9.47 Å². The zero-order valence-electron chi connectivity index (χ0n) is 18.4. The summed E-state index contributed by atoms with van der Waals surface area (Å²) >= 11 is 0. The lowest BCUT2D eigenvalue weighted by molar-refractivity contribution is -0.135. The van der Waals surface area contributed by atoms with Gasteiger partial charge >= 0.3 is 0 Å². The van der Waals surface area contributed by atoms with Gasteiger partial charge in [0.15, 0.2) is 11.5 Å². The predicted octanol–water partition coefficient (Wildman–Crippen LogP) is 4.92. The molecule has 168 valence electrons. The number of nitrogens with zero attached hydrogens (tertiary/aromatic N) is 2. The van der Waals surface area contributed by atoms with E-state index in [0.29, 0.717) is 30.9 Å². The molecule has 1 amide bonds. The number of carbonyl (C=O) groups excluding carboxylic acids is 1. The van der Waals surface area contributed by atoms with Crippen LogP contribution in [0.2, 0.25) is 0 Å². The number of piperidine rings is 1. The van der Waals surface area contributed by atoms with Gasteiger partial charge in [0.1, 0.15) is 11.6 Å². The maximum Gasteiger partial charge on any atom is 0.223 e. The standard InChI is InChI=1S/C25H28FN3O3/c1-31-22-11-9-17(14-23(22)32-2)10-12-24(30)29-13-4-3-8-21(29)25-27-16-20(28-25)18-6-5-7-19(26)15-18/h5-7,9,11,14-16,21H,3-4,8,10,12-13H2,1-2H3,(H,27,28). The third-order valence-electron chi connectivity index (χ3n) is 5.95. The van der Waals surface area contributed by atoms with Gasteiger partial charge in [0.2, 0.25) is 5.91 Å². The van der Waals surface area contributed by atoms with Crippen LogP contribution in [0, 0.1) is 5.82 Å². The molecule has 0 spiro atoms. The predicted molar refractivity (Wildman–Crippen MR) is 120 cm³/mol. The van der Waals surface area contributed by atoms with Crippen molar-refractivity contribution in [3.63, 3.8) is 0 Å². The number of imidazole rings is 1. The highest BCUT2D eigenvalue weighted by atomic mass is 19.1. The summed E-state index contributed by atoms with van der Waals surface area (Å²) in [6.45, 7) is 0.714. The SMILES string of the molecule is COc1ccc(CCC(=O)N2CCCCC2c2ncc(-c3cccc(F)c3)[nH]2)cc1OC. The Bertz CT molecular complexity index is 1080. The van der Waals surface area contributed by atoms with Crippen molar-refractivity contribution in [2.45, 2.75) is 38.1 Å². The number of hydrogen-bond donors (Lipinski definition) is 1. The van der Waals surface area contributed by atoms with Crippen LogP contribution in [-0.4, -0.2) is 41.5 Å². The Morgan fingerprint density at radius 3 is 2.78 bits per heavy atom. The number of halogens is 1. The lowest BCUT2D eigenvalue weighted by Gasteiger charge is -2.34. The van der Waals surface area contributed by atoms with Crippen molar-refractivity contribution in [1.82, 2.24) is 14.9 Å². The van der Waals surface area contributed by atoms with E-state index in [-0.39, 0.29) is 17.8 Å². The van der Waals surface area contributed by atoms with E-state index < -0.39 is 0 Å². The van der Waals surface area contributed by atoms with E-state index >= 15 is 0 Å². The molecule has 2 heterocycles. The van der Waals surface area contributed by atoms with E-state index in [1.807, 2.05) is 29.2 Å². The fourth-order valence-corrected chi connectivity index (χ4v) is 4.25. The van der Waals surface area contributed by atoms with Crippen LogP contribution in [0.15, 0.2) is 48.7 Å². The fraction of sp³-hybridized carbons (Fsp3) is 0.360. The summed E-state index contributed by atoms with van der Waals surface area (Å²) in [4.78, 5) is 22.9. The average Bonchev–Trinajstić information content (AvgIpc) is 3.32. The number of amides is 1. The number of ether oxygens (including phenoxy) is 2. The Balaban J connectivity index is 1.46. The zero-order chi connectivity index (χ0) is 22.5. The molecule has 1 unspecified atom stereocenters. The Morgan fingerprint density at radius 2 is 2.00 bits per heavy atom. The molecule has 0 saturated carbocycles. The van der Waals surface area contributed by atoms with Gasteiger partial charge in [-0.1, -0.05) is 18.2 Å². The summed E-state index contributed by atoms with van der Waals surface area (Å²) in [5.41, 5.74) is 2.52. The molecular weight excluding hydrogens is 409 g/mol. The second kappa shape index (κ2) is 9.85. The summed E-state index contributed by atoms with van der Waals surface area (Å²) in [6, 6.07) is 12.1. The minimum Gasteiger partial charge on any atom is -0.493 e. The van der Waals surface area contributed by atoms with Gasteiger partial charge in [0, 0.05) is 18.5 Å². The number of H-pyrrole nitrogens is 1. The molecule has 7 heteroatoms. The molecule has 3 aromatic rings. The number of nitrogens with one attached hydrogen (secondary N) is 1. The molecule has 0 aliphatic carbocycles. The first kappa shape index (κ1) is 21.9. The van der Waals surface area contributed by atoms with E-state index in [1.54, 1.807) is 26.5 Å². The number of hydrogen-bond acceptors (Lipinski definition) is 4. The lowest BCUT2D eigenvalue weighted by atomic mass is 10.00. The van der Waals surface area contributed by atoms with E-state index in [0.717, 1.165) is 41.9 Å². The van der Waals surface area contributed by atoms with Crippen LogP contribution in [-0.2, 0) is 11.2 Å². The van der Waals surface area contributed by atoms with Crippen LogP contribution < -0.4 is 9.47 Å². The molecule has 1 saturated heterocycles. The molecule has 1 aromatic heterocycles. The number of aromatic nitrogens is 2. The molecule has 0 radical (unpaired) electrons. The van der Waals surface area contributed by atoms with Gasteiger partial charge in [0.25, 0.3) is 0 Å². The molecule has 0 bridgehead atoms. The highest BCUT2D eigenvalue weighted by Crippen LogP contribution is 2.32. The largest absolute Gasteiger partial charge is 0.493 e. The normalized spacial score (nSPS) is 16.1. The third kappa shape index (κ3) is 4.77. The molecule has 1 N–H and O–H groups in total. The number of rotatable bonds is 7. The van der Waals surface area contributed by atoms with E-state index in [9.17, 15) is 9.18 Å². The molecule has 2 aromatic carbocycles. The first-order valence-corrected chi connectivity index (χ1v) is 10.9. The van der Waals surface area contributed by atoms with Crippen LogP contribution in [0.4, 0.5) is 4.39 Å². The summed E-state index contributed by atoms with van der Waals surface area (Å²) in [6.07, 6.45) is 5.62. The maximum atomic E-state index is 13.6. The quantitative estimate of drug-likeness (QED) is 0.570. The Kier molecular flexibility index (Phi) is 6.73. The molecule has 1 fully saturated rings. The average molecular weight is 438 g/mol. The van der Waals surface area contributed by atoms with Gasteiger partial charge in [-0.15, -0.1) is 0 Å². The number of likely N-dealkylation sites (tertiary alicyclic amines) is 1. The smallest absolute Gasteiger partial charge is 0.223 e. The summed E-state index contributed by atoms with van der Waals surface area (Å²) in [7, 11) is 3.21. The van der Waals surface area contributed by atoms with E-state index in [1.165, 1.54) is 12.1 Å². The van der Waals surface area contributed by atoms with Crippen LogP contribution in [0.1, 0.15) is 43.1 Å². The van der Waals surface area contributed by atoms with Gasteiger partial charge in [-0.25, -0.2) is 9.37 Å². The summed E-state index contributed by atoms with van der Waals surface area (Å²) in [5, 5.41) is 0. The van der Waals surface area contributed by atoms with Crippen LogP contribution in [0.25, 0.3) is 11.3 Å². The summed E-state index contributed by atoms with van der Waals surface area (Å²) < 4.78 is 24.2. The van der Waals surface area contributed by atoms with Crippen molar-refractivity contribution in [3.05, 3.63) is 65.9 Å². The van der Waals surface area contributed by atoms with Gasteiger partial charge in [-0.05, 0) is 55.5 Å². The topological polar surface area (TPSA) is 67.5 Å². The van der Waals surface area contributed by atoms with Gasteiger partial charge < -0.3 is 19.4 Å². The minimum absolute atomic E-state index is 0.0936. The van der Waals surface area contributed by atoms with Crippen LogP contribution in [0.3, 0.4) is 0 Å². The molecule has 1 aliphatic rings. The molecule has 1 aliphatic heterocycles. The zero-order valence-corrected chi connectivity index (χ0v) is 18.4. The third-order valence-corrected chi connectivity index (χ3v) is 5.95. The van der Waals surface area contributed by atoms with Crippen LogP contribution in [0.5, 0.6) is 11.5 Å². The second-order valence-electron chi connectivity index (χ2n) is 7.98. The van der Waals surface area contributed by atoms with E-state index in [2.05, 4.69) is 9.97 Å². The van der Waals surface area contributed by atoms with Crippen LogP contribution >= 0.6 is 0 Å². The highest BCUT2D eigenvalue weighted by Gasteiger charge is 2.29. The Labute approximate surface area is 187 Å². The highest BCUT2D eigenvalue weighted by molar-refractivity contribution is 5.77. The van der Waals surface area contributed by atoms with Gasteiger partial charge in [-0.2, -0.15) is 0 Å². The monoisotopic (exact) mass is 437 g/mol.